The molecular weight excluding hydrogens is 242 g/mol. The fraction of sp³-hybridized carbons (Fsp3) is 0.417. The van der Waals surface area contributed by atoms with E-state index in [-0.39, 0.29) is 36.4 Å². The highest BCUT2D eigenvalue weighted by molar-refractivity contribution is 5.76. The number of rotatable bonds is 5. The predicted molar refractivity (Wildman–Crippen MR) is 64.2 cm³/mol. The first kappa shape index (κ1) is 14.2. The minimum atomic E-state index is -0.752. The lowest BCUT2D eigenvalue weighted by molar-refractivity contribution is -0.122. The number of benzene rings is 1. The number of carbonyl (C=O) groups is 1. The number of anilines is 1. The van der Waals surface area contributed by atoms with Crippen molar-refractivity contribution in [2.45, 2.75) is 26.3 Å². The van der Waals surface area contributed by atoms with Gasteiger partial charge in [-0.15, -0.1) is 0 Å². The molecule has 3 N–H and O–H groups in total. The van der Waals surface area contributed by atoms with E-state index in [1.165, 1.54) is 0 Å². The first-order valence-corrected chi connectivity index (χ1v) is 5.57. The van der Waals surface area contributed by atoms with Gasteiger partial charge in [-0.3, -0.25) is 4.79 Å². The molecule has 0 heterocycles. The number of ether oxygens (including phenoxy) is 1. The number of amides is 1. The molecule has 0 aliphatic carbocycles. The van der Waals surface area contributed by atoms with Crippen LogP contribution in [-0.2, 0) is 4.79 Å². The summed E-state index contributed by atoms with van der Waals surface area (Å²) < 4.78 is 31.4. The molecule has 0 fully saturated rings. The van der Waals surface area contributed by atoms with Gasteiger partial charge in [-0.2, -0.15) is 0 Å². The largest absolute Gasteiger partial charge is 0.490 e. The third-order valence-electron chi connectivity index (χ3n) is 2.09. The van der Waals surface area contributed by atoms with Gasteiger partial charge in [0.05, 0.1) is 18.7 Å². The first-order chi connectivity index (χ1) is 8.40. The fourth-order valence-corrected chi connectivity index (χ4v) is 1.30. The molecule has 0 aliphatic rings. The molecule has 100 valence electrons. The van der Waals surface area contributed by atoms with Gasteiger partial charge < -0.3 is 15.8 Å². The van der Waals surface area contributed by atoms with E-state index in [4.69, 9.17) is 10.5 Å². The molecule has 1 aromatic rings. The Morgan fingerprint density at radius 1 is 1.39 bits per heavy atom. The first-order valence-electron chi connectivity index (χ1n) is 5.57. The summed E-state index contributed by atoms with van der Waals surface area (Å²) in [6.45, 7) is 3.63. The van der Waals surface area contributed by atoms with Crippen molar-refractivity contribution < 1.29 is 18.3 Å². The second-order valence-electron chi connectivity index (χ2n) is 4.12. The molecule has 0 spiro atoms. The highest BCUT2D eigenvalue weighted by Crippen LogP contribution is 2.22. The van der Waals surface area contributed by atoms with Crippen LogP contribution in [0.4, 0.5) is 14.5 Å². The summed E-state index contributed by atoms with van der Waals surface area (Å²) in [7, 11) is 0. The Morgan fingerprint density at radius 3 is 2.67 bits per heavy atom. The van der Waals surface area contributed by atoms with Crippen LogP contribution in [0.5, 0.6) is 5.75 Å². The molecule has 0 saturated carbocycles. The van der Waals surface area contributed by atoms with Crippen LogP contribution in [0.25, 0.3) is 0 Å². The van der Waals surface area contributed by atoms with Crippen LogP contribution < -0.4 is 15.8 Å². The number of nitrogen functional groups attached to an aromatic ring is 1. The lowest BCUT2D eigenvalue weighted by atomic mass is 10.3. The van der Waals surface area contributed by atoms with Crippen LogP contribution in [0.3, 0.4) is 0 Å². The Hall–Kier alpha value is -1.85. The van der Waals surface area contributed by atoms with Crippen molar-refractivity contribution in [1.82, 2.24) is 5.32 Å². The monoisotopic (exact) mass is 258 g/mol. The van der Waals surface area contributed by atoms with E-state index in [9.17, 15) is 13.6 Å². The van der Waals surface area contributed by atoms with E-state index in [0.717, 1.165) is 12.1 Å². The third kappa shape index (κ3) is 4.20. The number of nitrogens with two attached hydrogens (primary N) is 1. The van der Waals surface area contributed by atoms with Crippen LogP contribution >= 0.6 is 0 Å². The molecule has 0 radical (unpaired) electrons. The van der Waals surface area contributed by atoms with Crippen molar-refractivity contribution in [3.8, 4) is 5.75 Å². The molecule has 0 unspecified atom stereocenters. The van der Waals surface area contributed by atoms with Crippen LogP contribution in [0.2, 0.25) is 0 Å². The van der Waals surface area contributed by atoms with Gasteiger partial charge >= 0.3 is 0 Å². The zero-order valence-corrected chi connectivity index (χ0v) is 10.3. The number of nitrogens with one attached hydrogen (secondary N) is 1. The molecule has 0 saturated heterocycles. The van der Waals surface area contributed by atoms with E-state index in [0.29, 0.717) is 0 Å². The Balaban J connectivity index is 2.49. The van der Waals surface area contributed by atoms with Crippen LogP contribution in [0.15, 0.2) is 12.1 Å². The highest BCUT2D eigenvalue weighted by atomic mass is 19.1. The van der Waals surface area contributed by atoms with Gasteiger partial charge in [-0.25, -0.2) is 8.78 Å². The maximum atomic E-state index is 13.3. The van der Waals surface area contributed by atoms with E-state index >= 15 is 0 Å². The molecule has 1 amide bonds. The Labute approximate surface area is 104 Å². The van der Waals surface area contributed by atoms with Crippen molar-refractivity contribution in [2.24, 2.45) is 0 Å². The molecule has 0 atom stereocenters. The van der Waals surface area contributed by atoms with E-state index in [1.54, 1.807) is 0 Å². The third-order valence-corrected chi connectivity index (χ3v) is 2.09. The molecule has 6 heteroatoms. The van der Waals surface area contributed by atoms with Gasteiger partial charge in [0.2, 0.25) is 5.91 Å². The van der Waals surface area contributed by atoms with Gasteiger partial charge in [0, 0.05) is 18.2 Å². The van der Waals surface area contributed by atoms with Crippen LogP contribution in [0.1, 0.15) is 20.3 Å². The average Bonchev–Trinajstić information content (AvgIpc) is 2.24. The quantitative estimate of drug-likeness (QED) is 0.792. The number of hydrogen-bond acceptors (Lipinski definition) is 3. The number of hydrogen-bond donors (Lipinski definition) is 2. The smallest absolute Gasteiger partial charge is 0.223 e. The minimum absolute atomic E-state index is 0.0289. The summed E-state index contributed by atoms with van der Waals surface area (Å²) >= 11 is 0. The molecular formula is C12H16F2N2O2. The zero-order chi connectivity index (χ0) is 13.7. The molecule has 1 aromatic carbocycles. The number of halogens is 2. The van der Waals surface area contributed by atoms with E-state index in [2.05, 4.69) is 5.32 Å². The van der Waals surface area contributed by atoms with Gasteiger partial charge in [-0.05, 0) is 13.8 Å². The Kier molecular flexibility index (Phi) is 4.88. The van der Waals surface area contributed by atoms with Gasteiger partial charge in [-0.1, -0.05) is 0 Å². The minimum Gasteiger partial charge on any atom is -0.490 e. The van der Waals surface area contributed by atoms with E-state index < -0.39 is 11.6 Å². The maximum absolute atomic E-state index is 13.3. The summed E-state index contributed by atoms with van der Waals surface area (Å²) in [5, 5.41) is 2.66. The Morgan fingerprint density at radius 2 is 2.06 bits per heavy atom. The summed E-state index contributed by atoms with van der Waals surface area (Å²) in [5.41, 5.74) is 4.91. The van der Waals surface area contributed by atoms with Crippen molar-refractivity contribution in [1.29, 1.82) is 0 Å². The lowest BCUT2D eigenvalue weighted by Gasteiger charge is -2.10. The van der Waals surface area contributed by atoms with Crippen molar-refractivity contribution >= 4 is 11.6 Å². The highest BCUT2D eigenvalue weighted by Gasteiger charge is 2.10. The summed E-state index contributed by atoms with van der Waals surface area (Å²) in [6, 6.07) is 1.74. The normalized spacial score (nSPS) is 10.5. The predicted octanol–water partition coefficient (Wildman–Crippen LogP) is 1.84. The van der Waals surface area contributed by atoms with Crippen LogP contribution in [0, 0.1) is 11.6 Å². The van der Waals surface area contributed by atoms with Crippen molar-refractivity contribution in [2.75, 3.05) is 12.3 Å². The molecule has 0 bridgehead atoms. The van der Waals surface area contributed by atoms with Crippen LogP contribution in [-0.4, -0.2) is 18.6 Å². The van der Waals surface area contributed by atoms with E-state index in [1.807, 2.05) is 13.8 Å². The fourth-order valence-electron chi connectivity index (χ4n) is 1.30. The number of carbonyl (C=O) groups excluding carboxylic acids is 1. The van der Waals surface area contributed by atoms with Crippen molar-refractivity contribution in [3.05, 3.63) is 23.8 Å². The van der Waals surface area contributed by atoms with Gasteiger partial charge in [0.25, 0.3) is 0 Å². The molecule has 4 nitrogen and oxygen atoms in total. The summed E-state index contributed by atoms with van der Waals surface area (Å²) in [4.78, 5) is 11.3. The molecule has 18 heavy (non-hydrogen) atoms. The standard InChI is InChI=1S/C12H16F2N2O2/c1-7(2)16-12(17)3-4-18-11-6-8(13)10(15)5-9(11)14/h5-7H,3-4,15H2,1-2H3,(H,16,17). The van der Waals surface area contributed by atoms with Gasteiger partial charge in [0.15, 0.2) is 11.6 Å². The summed E-state index contributed by atoms with van der Waals surface area (Å²) in [5.74, 6) is -1.96. The molecule has 0 aliphatic heterocycles. The second-order valence-corrected chi connectivity index (χ2v) is 4.12. The molecule has 0 aromatic heterocycles. The lowest BCUT2D eigenvalue weighted by Crippen LogP contribution is -2.31. The average molecular weight is 258 g/mol. The SMILES string of the molecule is CC(C)NC(=O)CCOc1cc(F)c(N)cc1F. The van der Waals surface area contributed by atoms with Crippen molar-refractivity contribution in [3.63, 3.8) is 0 Å². The topological polar surface area (TPSA) is 64.3 Å². The second kappa shape index (κ2) is 6.18. The summed E-state index contributed by atoms with van der Waals surface area (Å²) in [6.07, 6.45) is 0.0730. The zero-order valence-electron chi connectivity index (χ0n) is 10.3. The van der Waals surface area contributed by atoms with Gasteiger partial charge in [0.1, 0.15) is 5.82 Å². The molecule has 1 rings (SSSR count). The Bertz CT molecular complexity index is 436. The maximum Gasteiger partial charge on any atom is 0.223 e.